The summed E-state index contributed by atoms with van der Waals surface area (Å²) >= 11 is 7.26. The van der Waals surface area contributed by atoms with Crippen LogP contribution in [-0.4, -0.2) is 29.2 Å². The van der Waals surface area contributed by atoms with Gasteiger partial charge in [-0.15, -0.1) is 0 Å². The Bertz CT molecular complexity index is 1520. The molecule has 0 saturated heterocycles. The monoisotopic (exact) mass is 664 g/mol. The predicted molar refractivity (Wildman–Crippen MR) is 169 cm³/mol. The minimum absolute atomic E-state index is 0.156. The van der Waals surface area contributed by atoms with E-state index in [-0.39, 0.29) is 22.4 Å². The first-order chi connectivity index (χ1) is 18.9. The molecule has 5 rings (SSSR count). The van der Waals surface area contributed by atoms with E-state index in [4.69, 9.17) is 0 Å². The summed E-state index contributed by atoms with van der Waals surface area (Å²) in [6.07, 6.45) is 7.94. The maximum atomic E-state index is 13.6. The molecule has 2 heterocycles. The van der Waals surface area contributed by atoms with Gasteiger partial charge in [0.1, 0.15) is 6.54 Å². The van der Waals surface area contributed by atoms with Crippen LogP contribution in [-0.2, 0) is 15.6 Å². The predicted octanol–water partition coefficient (Wildman–Crippen LogP) is 7.99. The van der Waals surface area contributed by atoms with Crippen LogP contribution in [0.4, 0.5) is 11.4 Å². The number of anilines is 1. The van der Waals surface area contributed by atoms with E-state index in [1.165, 1.54) is 11.1 Å². The van der Waals surface area contributed by atoms with E-state index >= 15 is 0 Å². The van der Waals surface area contributed by atoms with Gasteiger partial charge < -0.3 is 10.0 Å². The number of hydrogen-bond acceptors (Lipinski definition) is 3. The molecule has 6 heteroatoms. The molecule has 0 fully saturated rings. The van der Waals surface area contributed by atoms with Crippen molar-refractivity contribution in [1.29, 1.82) is 0 Å². The first-order valence-electron chi connectivity index (χ1n) is 14.4. The number of nitrogens with zero attached hydrogens (tertiary/aromatic N) is 2. The molecule has 0 N–H and O–H groups in total. The van der Waals surface area contributed by atoms with E-state index in [2.05, 4.69) is 119 Å². The Hall–Kier alpha value is -2.44. The molecule has 0 radical (unpaired) electrons. The van der Waals surface area contributed by atoms with Crippen LogP contribution in [0, 0.1) is 0 Å². The van der Waals surface area contributed by atoms with Crippen LogP contribution in [0.3, 0.4) is 0 Å². The number of carbonyl (C=O) groups excluding carboxylic acids is 1. The Morgan fingerprint density at radius 2 is 1.55 bits per heavy atom. The number of halogens is 2. The van der Waals surface area contributed by atoms with Gasteiger partial charge >= 0.3 is 0 Å². The van der Waals surface area contributed by atoms with Crippen molar-refractivity contribution in [3.8, 4) is 0 Å². The number of benzene rings is 2. The summed E-state index contributed by atoms with van der Waals surface area (Å²) in [5.74, 6) is -0.312. The van der Waals surface area contributed by atoms with Crippen LogP contribution in [0.25, 0.3) is 0 Å². The van der Waals surface area contributed by atoms with Crippen molar-refractivity contribution >= 4 is 54.7 Å². The van der Waals surface area contributed by atoms with Gasteiger partial charge in [-0.1, -0.05) is 78.2 Å². The number of unbranched alkanes of at least 4 members (excludes halogenated alkanes) is 2. The zero-order valence-electron chi connectivity index (χ0n) is 24.3. The lowest BCUT2D eigenvalue weighted by atomic mass is 9.77. The summed E-state index contributed by atoms with van der Waals surface area (Å²) in [7, 11) is 0. The van der Waals surface area contributed by atoms with Crippen LogP contribution in [0.15, 0.2) is 80.1 Å². The fraction of sp³-hybridized carbons (Fsp3) is 0.412. The molecular weight excluding hydrogens is 628 g/mol. The van der Waals surface area contributed by atoms with E-state index in [0.717, 1.165) is 70.5 Å². The third-order valence-corrected chi connectivity index (χ3v) is 9.71. The second-order valence-electron chi connectivity index (χ2n) is 12.1. The zero-order valence-corrected chi connectivity index (χ0v) is 27.5. The Morgan fingerprint density at radius 1 is 0.900 bits per heavy atom. The molecule has 0 amide bonds. The Balaban J connectivity index is 1.58. The molecule has 3 aliphatic rings. The minimum Gasteiger partial charge on any atom is -0.871 e. The van der Waals surface area contributed by atoms with Crippen LogP contribution in [0.1, 0.15) is 78.4 Å². The van der Waals surface area contributed by atoms with Crippen LogP contribution in [0.5, 0.6) is 0 Å². The molecule has 4 nitrogen and oxygen atoms in total. The minimum atomic E-state index is -0.325. The van der Waals surface area contributed by atoms with Gasteiger partial charge in [0, 0.05) is 67.6 Å². The molecule has 210 valence electrons. The largest absolute Gasteiger partial charge is 0.871 e. The highest BCUT2D eigenvalue weighted by Crippen LogP contribution is 2.50. The fourth-order valence-electron chi connectivity index (χ4n) is 6.30. The van der Waals surface area contributed by atoms with Gasteiger partial charge in [0.2, 0.25) is 5.69 Å². The summed E-state index contributed by atoms with van der Waals surface area (Å²) in [6, 6.07) is 12.7. The highest BCUT2D eigenvalue weighted by Gasteiger charge is 2.46. The smallest absolute Gasteiger partial charge is 0.209 e. The van der Waals surface area contributed by atoms with E-state index in [1.807, 2.05) is 12.2 Å². The first-order valence-corrected chi connectivity index (χ1v) is 15.9. The van der Waals surface area contributed by atoms with Gasteiger partial charge in [0.25, 0.3) is 0 Å². The molecule has 2 aliphatic heterocycles. The first kappa shape index (κ1) is 29.1. The number of carbonyl (C=O) groups is 1. The molecule has 0 spiro atoms. The summed E-state index contributed by atoms with van der Waals surface area (Å²) in [4.78, 5) is 15.9. The van der Waals surface area contributed by atoms with Crippen molar-refractivity contribution in [3.63, 3.8) is 0 Å². The molecule has 40 heavy (non-hydrogen) atoms. The van der Waals surface area contributed by atoms with Crippen LogP contribution < -0.4 is 10.0 Å². The molecule has 2 aromatic carbocycles. The number of hydrogen-bond donors (Lipinski definition) is 0. The Labute approximate surface area is 255 Å². The third kappa shape index (κ3) is 4.65. The number of rotatable bonds is 8. The SMILES string of the molecule is CCCCN1/C(=C/C2=C([O-])C(=C/C3=[N+](CCCC)c4ccc(Br)cc4C3(C)C)/C2=O)C(C)(C)c2cc(Br)ccc21. The van der Waals surface area contributed by atoms with E-state index in [1.54, 1.807) is 0 Å². The van der Waals surface area contributed by atoms with Gasteiger partial charge in [0.15, 0.2) is 11.5 Å². The second-order valence-corrected chi connectivity index (χ2v) is 14.0. The number of fused-ring (bicyclic) bond motifs is 2. The molecule has 1 aliphatic carbocycles. The van der Waals surface area contributed by atoms with Crippen molar-refractivity contribution in [2.75, 3.05) is 18.0 Å². The molecule has 0 saturated carbocycles. The normalized spacial score (nSPS) is 21.0. The van der Waals surface area contributed by atoms with Crippen molar-refractivity contribution in [2.45, 2.75) is 78.1 Å². The average Bonchev–Trinajstić information content (AvgIpc) is 3.25. The van der Waals surface area contributed by atoms with Crippen molar-refractivity contribution in [1.82, 2.24) is 0 Å². The van der Waals surface area contributed by atoms with Gasteiger partial charge in [-0.2, -0.15) is 4.58 Å². The van der Waals surface area contributed by atoms with E-state index < -0.39 is 0 Å². The van der Waals surface area contributed by atoms with Gasteiger partial charge in [-0.05, 0) is 62.2 Å². The lowest BCUT2D eigenvalue weighted by Crippen LogP contribution is -2.35. The zero-order chi connectivity index (χ0) is 29.0. The van der Waals surface area contributed by atoms with E-state index in [9.17, 15) is 9.90 Å². The second kappa shape index (κ2) is 10.8. The lowest BCUT2D eigenvalue weighted by molar-refractivity contribution is -0.438. The van der Waals surface area contributed by atoms with Crippen molar-refractivity contribution in [2.24, 2.45) is 0 Å². The van der Waals surface area contributed by atoms with Crippen LogP contribution >= 0.6 is 31.9 Å². The standard InChI is InChI=1S/C34H38Br2N2O2/c1-7-9-15-37-27-13-11-21(35)17-25(27)33(3,4)29(37)19-23-31(39)24(32(23)40)20-30-34(5,6)26-18-22(36)12-14-28(26)38(30)16-10-8-2/h11-14,17-20H,7-10,15-16H2,1-6H3. The van der Waals surface area contributed by atoms with E-state index in [0.29, 0.717) is 11.1 Å². The average molecular weight is 666 g/mol. The highest BCUT2D eigenvalue weighted by atomic mass is 79.9. The number of allylic oxidation sites excluding steroid dienone is 5. The summed E-state index contributed by atoms with van der Waals surface area (Å²) in [5, 5.41) is 13.6. The summed E-state index contributed by atoms with van der Waals surface area (Å²) < 4.78 is 4.36. The highest BCUT2D eigenvalue weighted by molar-refractivity contribution is 9.10. The molecule has 2 aromatic rings. The lowest BCUT2D eigenvalue weighted by Gasteiger charge is -2.33. The number of ketones is 1. The van der Waals surface area contributed by atoms with Gasteiger partial charge in [0.05, 0.1) is 5.41 Å². The topological polar surface area (TPSA) is 46.4 Å². The third-order valence-electron chi connectivity index (χ3n) is 8.72. The molecule has 0 bridgehead atoms. The van der Waals surface area contributed by atoms with Gasteiger partial charge in [-0.3, -0.25) is 4.79 Å². The Kier molecular flexibility index (Phi) is 7.82. The molecule has 0 atom stereocenters. The molecular formula is C34H38Br2N2O2. The maximum Gasteiger partial charge on any atom is 0.209 e. The van der Waals surface area contributed by atoms with Crippen molar-refractivity contribution < 1.29 is 14.5 Å². The molecule has 0 unspecified atom stereocenters. The van der Waals surface area contributed by atoms with Crippen molar-refractivity contribution in [3.05, 3.63) is 91.2 Å². The quantitative estimate of drug-likeness (QED) is 0.212. The fourth-order valence-corrected chi connectivity index (χ4v) is 7.02. The summed E-state index contributed by atoms with van der Waals surface area (Å²) in [5.41, 5.74) is 6.68. The maximum absolute atomic E-state index is 13.6. The molecule has 0 aromatic heterocycles. The summed E-state index contributed by atoms with van der Waals surface area (Å²) in [6.45, 7) is 14.8. The Morgan fingerprint density at radius 3 is 2.20 bits per heavy atom. The number of Topliss-reactive ketones (excluding diaryl/α,β-unsaturated/α-hetero) is 1. The van der Waals surface area contributed by atoms with Gasteiger partial charge in [-0.25, -0.2) is 0 Å². The van der Waals surface area contributed by atoms with Crippen LogP contribution in [0.2, 0.25) is 0 Å².